The Morgan fingerprint density at radius 1 is 1.28 bits per heavy atom. The quantitative estimate of drug-likeness (QED) is 0.867. The summed E-state index contributed by atoms with van der Waals surface area (Å²) in [5, 5.41) is 18.6. The zero-order chi connectivity index (χ0) is 18.4. The minimum atomic E-state index is -1.17. The number of hydrogen-bond acceptors (Lipinski definition) is 4. The molecule has 0 atom stereocenters. The van der Waals surface area contributed by atoms with Crippen LogP contribution in [-0.4, -0.2) is 24.2 Å². The van der Waals surface area contributed by atoms with Gasteiger partial charge in [0.25, 0.3) is 5.91 Å². The fourth-order valence-electron chi connectivity index (χ4n) is 2.31. The molecule has 0 saturated carbocycles. The molecule has 130 valence electrons. The van der Waals surface area contributed by atoms with E-state index in [9.17, 15) is 18.7 Å². The Hall–Kier alpha value is -3.14. The summed E-state index contributed by atoms with van der Waals surface area (Å²) in [5.41, 5.74) is -0.250. The van der Waals surface area contributed by atoms with Gasteiger partial charge in [0.15, 0.2) is 0 Å². The molecule has 0 unspecified atom stereocenters. The smallest absolute Gasteiger partial charge is 0.265 e. The van der Waals surface area contributed by atoms with Crippen molar-refractivity contribution in [2.75, 3.05) is 18.1 Å². The van der Waals surface area contributed by atoms with Crippen molar-refractivity contribution < 1.29 is 23.4 Å². The van der Waals surface area contributed by atoms with Crippen LogP contribution in [-0.2, 0) is 0 Å². The molecule has 0 aliphatic rings. The van der Waals surface area contributed by atoms with Crippen LogP contribution in [0.5, 0.6) is 11.5 Å². The summed E-state index contributed by atoms with van der Waals surface area (Å²) < 4.78 is 32.4. The summed E-state index contributed by atoms with van der Waals surface area (Å²) in [4.78, 5) is 13.8. The first-order valence-corrected chi connectivity index (χ1v) is 7.57. The van der Waals surface area contributed by atoms with E-state index in [0.29, 0.717) is 30.2 Å². The van der Waals surface area contributed by atoms with E-state index in [1.807, 2.05) is 13.0 Å². The molecule has 5 nitrogen and oxygen atoms in total. The fourth-order valence-corrected chi connectivity index (χ4v) is 2.31. The molecule has 2 aromatic carbocycles. The Kier molecular flexibility index (Phi) is 5.90. The Labute approximate surface area is 143 Å². The average molecular weight is 346 g/mol. The minimum Gasteiger partial charge on any atom is -0.507 e. The van der Waals surface area contributed by atoms with E-state index in [-0.39, 0.29) is 13.0 Å². The number of hydrogen-bond donors (Lipinski definition) is 1. The largest absolute Gasteiger partial charge is 0.507 e. The van der Waals surface area contributed by atoms with E-state index in [0.717, 1.165) is 4.90 Å². The zero-order valence-corrected chi connectivity index (χ0v) is 13.5. The second-order valence-electron chi connectivity index (χ2n) is 5.07. The summed E-state index contributed by atoms with van der Waals surface area (Å²) in [6, 6.07) is 9.52. The van der Waals surface area contributed by atoms with Crippen molar-refractivity contribution in [2.45, 2.75) is 13.3 Å². The standard InChI is InChI=1S/C18H16F2N2O3/c1-2-25-14-6-4-13(5-7-14)22(9-3-8-21)18(24)17-15(20)10-12(19)11-16(17)23/h4-7,10-11,23H,2-3,9H2,1H3. The Morgan fingerprint density at radius 2 is 1.96 bits per heavy atom. The number of nitriles is 1. The number of nitrogens with zero attached hydrogens (tertiary/aromatic N) is 2. The van der Waals surface area contributed by atoms with Gasteiger partial charge in [0.1, 0.15) is 28.7 Å². The highest BCUT2D eigenvalue weighted by atomic mass is 19.1. The summed E-state index contributed by atoms with van der Waals surface area (Å²) in [6.45, 7) is 2.29. The maximum atomic E-state index is 14.0. The van der Waals surface area contributed by atoms with Crippen molar-refractivity contribution in [1.29, 1.82) is 5.26 Å². The minimum absolute atomic E-state index is 0.00251. The lowest BCUT2D eigenvalue weighted by Crippen LogP contribution is -2.32. The molecule has 0 spiro atoms. The van der Waals surface area contributed by atoms with E-state index in [4.69, 9.17) is 10.00 Å². The lowest BCUT2D eigenvalue weighted by atomic mass is 10.1. The maximum Gasteiger partial charge on any atom is 0.265 e. The van der Waals surface area contributed by atoms with Gasteiger partial charge in [-0.25, -0.2) is 8.78 Å². The van der Waals surface area contributed by atoms with Crippen molar-refractivity contribution >= 4 is 11.6 Å². The second kappa shape index (κ2) is 8.11. The van der Waals surface area contributed by atoms with Crippen LogP contribution in [0.1, 0.15) is 23.7 Å². The maximum absolute atomic E-state index is 14.0. The third kappa shape index (κ3) is 4.23. The molecule has 2 rings (SSSR count). The van der Waals surface area contributed by atoms with Gasteiger partial charge in [-0.3, -0.25) is 4.79 Å². The molecular weight excluding hydrogens is 330 g/mol. The molecule has 1 amide bonds. The first-order chi connectivity index (χ1) is 12.0. The highest BCUT2D eigenvalue weighted by molar-refractivity contribution is 6.08. The molecule has 7 heteroatoms. The molecule has 25 heavy (non-hydrogen) atoms. The summed E-state index contributed by atoms with van der Waals surface area (Å²) in [6.07, 6.45) is 0.00251. The van der Waals surface area contributed by atoms with Crippen LogP contribution in [0, 0.1) is 23.0 Å². The van der Waals surface area contributed by atoms with Gasteiger partial charge < -0.3 is 14.7 Å². The van der Waals surface area contributed by atoms with Crippen LogP contribution in [0.25, 0.3) is 0 Å². The molecule has 0 bridgehead atoms. The molecule has 0 aliphatic heterocycles. The lowest BCUT2D eigenvalue weighted by Gasteiger charge is -2.23. The van der Waals surface area contributed by atoms with Gasteiger partial charge in [-0.15, -0.1) is 0 Å². The van der Waals surface area contributed by atoms with Crippen LogP contribution in [0.2, 0.25) is 0 Å². The number of halogens is 2. The van der Waals surface area contributed by atoms with E-state index in [1.165, 1.54) is 0 Å². The van der Waals surface area contributed by atoms with Gasteiger partial charge >= 0.3 is 0 Å². The number of aromatic hydroxyl groups is 1. The van der Waals surface area contributed by atoms with Crippen molar-refractivity contribution in [3.63, 3.8) is 0 Å². The number of ether oxygens (including phenoxy) is 1. The normalized spacial score (nSPS) is 10.2. The molecule has 0 radical (unpaired) electrons. The van der Waals surface area contributed by atoms with Crippen LogP contribution in [0.4, 0.5) is 14.5 Å². The Bertz CT molecular complexity index is 778. The van der Waals surface area contributed by atoms with Crippen molar-refractivity contribution in [2.24, 2.45) is 0 Å². The van der Waals surface area contributed by atoms with Crippen LogP contribution < -0.4 is 9.64 Å². The van der Waals surface area contributed by atoms with E-state index >= 15 is 0 Å². The predicted octanol–water partition coefficient (Wildman–Crippen LogP) is 3.63. The van der Waals surface area contributed by atoms with E-state index in [1.54, 1.807) is 24.3 Å². The van der Waals surface area contributed by atoms with Crippen LogP contribution in [0.3, 0.4) is 0 Å². The van der Waals surface area contributed by atoms with Gasteiger partial charge in [-0.05, 0) is 31.2 Å². The highest BCUT2D eigenvalue weighted by Gasteiger charge is 2.25. The molecule has 0 fully saturated rings. The number of rotatable bonds is 6. The highest BCUT2D eigenvalue weighted by Crippen LogP contribution is 2.27. The molecule has 0 aliphatic carbocycles. The monoisotopic (exact) mass is 346 g/mol. The SMILES string of the molecule is CCOc1ccc(N(CCC#N)C(=O)c2c(O)cc(F)cc2F)cc1. The Balaban J connectivity index is 2.40. The van der Waals surface area contributed by atoms with Crippen LogP contribution in [0.15, 0.2) is 36.4 Å². The predicted molar refractivity (Wildman–Crippen MR) is 87.5 cm³/mol. The summed E-state index contributed by atoms with van der Waals surface area (Å²) in [5.74, 6) is -3.23. The fraction of sp³-hybridized carbons (Fsp3) is 0.222. The number of anilines is 1. The number of carbonyl (C=O) groups excluding carboxylic acids is 1. The van der Waals surface area contributed by atoms with Gasteiger partial charge in [0.2, 0.25) is 0 Å². The molecule has 0 aromatic heterocycles. The van der Waals surface area contributed by atoms with Gasteiger partial charge in [0, 0.05) is 24.4 Å². The third-order valence-corrected chi connectivity index (χ3v) is 3.40. The van der Waals surface area contributed by atoms with E-state index in [2.05, 4.69) is 0 Å². The van der Waals surface area contributed by atoms with Crippen molar-refractivity contribution in [1.82, 2.24) is 0 Å². The number of benzene rings is 2. The number of phenols is 1. The van der Waals surface area contributed by atoms with E-state index < -0.39 is 28.9 Å². The topological polar surface area (TPSA) is 73.6 Å². The van der Waals surface area contributed by atoms with Gasteiger partial charge in [0.05, 0.1) is 19.1 Å². The first-order valence-electron chi connectivity index (χ1n) is 7.57. The summed E-state index contributed by atoms with van der Waals surface area (Å²) in [7, 11) is 0. The lowest BCUT2D eigenvalue weighted by molar-refractivity contribution is 0.0980. The van der Waals surface area contributed by atoms with Crippen LogP contribution >= 0.6 is 0 Å². The first kappa shape index (κ1) is 18.2. The molecular formula is C18H16F2N2O3. The summed E-state index contributed by atoms with van der Waals surface area (Å²) >= 11 is 0. The third-order valence-electron chi connectivity index (χ3n) is 3.40. The van der Waals surface area contributed by atoms with Gasteiger partial charge in [-0.2, -0.15) is 5.26 Å². The number of carbonyl (C=O) groups is 1. The second-order valence-corrected chi connectivity index (χ2v) is 5.07. The molecule has 0 saturated heterocycles. The average Bonchev–Trinajstić information content (AvgIpc) is 2.56. The molecule has 1 N–H and O–H groups in total. The van der Waals surface area contributed by atoms with Crippen molar-refractivity contribution in [3.05, 3.63) is 53.6 Å². The molecule has 2 aromatic rings. The van der Waals surface area contributed by atoms with Gasteiger partial charge in [-0.1, -0.05) is 0 Å². The number of amides is 1. The van der Waals surface area contributed by atoms with Crippen molar-refractivity contribution in [3.8, 4) is 17.6 Å². The molecule has 0 heterocycles. The zero-order valence-electron chi connectivity index (χ0n) is 13.5. The number of phenolic OH excluding ortho intramolecular Hbond substituents is 1. The Morgan fingerprint density at radius 3 is 2.52 bits per heavy atom.